The summed E-state index contributed by atoms with van der Waals surface area (Å²) in [5.74, 6) is 0. The number of ether oxygens (including phenoxy) is 1. The minimum Gasteiger partial charge on any atom is -0.380 e. The molecule has 0 radical (unpaired) electrons. The van der Waals surface area contributed by atoms with E-state index in [-0.39, 0.29) is 0 Å². The Morgan fingerprint density at radius 3 is 2.52 bits per heavy atom. The zero-order valence-electron chi connectivity index (χ0n) is 13.0. The molecule has 0 saturated heterocycles. The molecule has 0 amide bonds. The highest BCUT2D eigenvalue weighted by atomic mass is 32.1. The molecule has 0 aliphatic rings. The number of hydrogen-bond acceptors (Lipinski definition) is 3. The van der Waals surface area contributed by atoms with Crippen LogP contribution in [0.1, 0.15) is 22.2 Å². The summed E-state index contributed by atoms with van der Waals surface area (Å²) < 4.78 is 5.52. The average molecular weight is 303 g/mol. The van der Waals surface area contributed by atoms with E-state index in [9.17, 15) is 0 Å². The Labute approximate surface area is 132 Å². The molecule has 1 heterocycles. The first-order valence-electron chi connectivity index (χ1n) is 7.67. The Balaban J connectivity index is 1.88. The largest absolute Gasteiger partial charge is 0.380 e. The molecule has 0 bridgehead atoms. The van der Waals surface area contributed by atoms with E-state index >= 15 is 0 Å². The maximum absolute atomic E-state index is 5.52. The van der Waals surface area contributed by atoms with Gasteiger partial charge in [0, 0.05) is 36.0 Å². The second kappa shape index (κ2) is 8.98. The van der Waals surface area contributed by atoms with E-state index in [1.165, 1.54) is 15.3 Å². The predicted octanol–water partition coefficient (Wildman–Crippen LogP) is 4.14. The van der Waals surface area contributed by atoms with Crippen molar-refractivity contribution >= 4 is 11.3 Å². The average Bonchev–Trinajstić information content (AvgIpc) is 2.91. The maximum atomic E-state index is 5.52. The van der Waals surface area contributed by atoms with Crippen LogP contribution in [-0.4, -0.2) is 31.2 Å². The Morgan fingerprint density at radius 1 is 1.05 bits per heavy atom. The number of benzene rings is 1. The highest BCUT2D eigenvalue weighted by molar-refractivity contribution is 7.11. The van der Waals surface area contributed by atoms with Crippen LogP contribution < -0.4 is 0 Å². The summed E-state index contributed by atoms with van der Waals surface area (Å²) in [5, 5.41) is 0. The van der Waals surface area contributed by atoms with E-state index in [1.54, 1.807) is 0 Å². The lowest BCUT2D eigenvalue weighted by molar-refractivity contribution is 0.111. The summed E-state index contributed by atoms with van der Waals surface area (Å²) in [6.07, 6.45) is 1.09. The fraction of sp³-hybridized carbons (Fsp3) is 0.444. The third-order valence-corrected chi connectivity index (χ3v) is 4.48. The number of rotatable bonds is 9. The van der Waals surface area contributed by atoms with Gasteiger partial charge in [-0.3, -0.25) is 4.90 Å². The third kappa shape index (κ3) is 6.00. The molecule has 0 fully saturated rings. The molecule has 0 aliphatic heterocycles. The monoisotopic (exact) mass is 303 g/mol. The second-order valence-corrected chi connectivity index (χ2v) is 6.59. The molecule has 0 saturated carbocycles. The molecule has 0 spiro atoms. The van der Waals surface area contributed by atoms with E-state index in [1.807, 2.05) is 11.3 Å². The van der Waals surface area contributed by atoms with Crippen molar-refractivity contribution in [3.63, 3.8) is 0 Å². The lowest BCUT2D eigenvalue weighted by atomic mass is 10.1. The minimum absolute atomic E-state index is 0.796. The summed E-state index contributed by atoms with van der Waals surface area (Å²) in [6.45, 7) is 8.93. The van der Waals surface area contributed by atoms with Crippen LogP contribution in [0.3, 0.4) is 0 Å². The maximum Gasteiger partial charge on any atom is 0.0593 e. The molecule has 2 aromatic rings. The van der Waals surface area contributed by atoms with Crippen LogP contribution in [-0.2, 0) is 17.7 Å². The molecular weight excluding hydrogens is 278 g/mol. The summed E-state index contributed by atoms with van der Waals surface area (Å²) in [7, 11) is 0. The molecule has 21 heavy (non-hydrogen) atoms. The highest BCUT2D eigenvalue weighted by Gasteiger charge is 2.08. The molecule has 0 atom stereocenters. The van der Waals surface area contributed by atoms with E-state index in [0.717, 1.165) is 39.3 Å². The quantitative estimate of drug-likeness (QED) is 0.646. The van der Waals surface area contributed by atoms with Crippen LogP contribution in [0.15, 0.2) is 42.5 Å². The van der Waals surface area contributed by atoms with Gasteiger partial charge in [0.25, 0.3) is 0 Å². The van der Waals surface area contributed by atoms with Gasteiger partial charge < -0.3 is 4.74 Å². The molecule has 1 aromatic carbocycles. The van der Waals surface area contributed by atoms with Gasteiger partial charge in [-0.15, -0.1) is 11.3 Å². The fourth-order valence-corrected chi connectivity index (χ4v) is 3.26. The fourth-order valence-electron chi connectivity index (χ4n) is 2.33. The van der Waals surface area contributed by atoms with Gasteiger partial charge in [0.1, 0.15) is 0 Å². The summed E-state index contributed by atoms with van der Waals surface area (Å²) >= 11 is 1.89. The van der Waals surface area contributed by atoms with Crippen molar-refractivity contribution in [3.05, 3.63) is 57.8 Å². The van der Waals surface area contributed by atoms with Gasteiger partial charge in [0.05, 0.1) is 6.61 Å². The topological polar surface area (TPSA) is 12.5 Å². The normalized spacial score (nSPS) is 11.2. The predicted molar refractivity (Wildman–Crippen MR) is 91.0 cm³/mol. The summed E-state index contributed by atoms with van der Waals surface area (Å²) in [6, 6.07) is 15.2. The van der Waals surface area contributed by atoms with Crippen LogP contribution in [0.25, 0.3) is 0 Å². The van der Waals surface area contributed by atoms with E-state index < -0.39 is 0 Å². The standard InChI is InChI=1S/C18H25NOS/c1-3-20-14-13-19(15-18-10-9-16(2)21-18)12-11-17-7-5-4-6-8-17/h4-10H,3,11-15H2,1-2H3. The molecule has 2 rings (SSSR count). The molecule has 1 aromatic heterocycles. The molecule has 2 nitrogen and oxygen atoms in total. The zero-order chi connectivity index (χ0) is 14.9. The lowest BCUT2D eigenvalue weighted by Gasteiger charge is -2.21. The van der Waals surface area contributed by atoms with Gasteiger partial charge in [0.15, 0.2) is 0 Å². The van der Waals surface area contributed by atoms with Crippen LogP contribution >= 0.6 is 11.3 Å². The number of nitrogens with zero attached hydrogens (tertiary/aromatic N) is 1. The first kappa shape index (κ1) is 16.2. The van der Waals surface area contributed by atoms with Gasteiger partial charge >= 0.3 is 0 Å². The Hall–Kier alpha value is -1.16. The molecule has 114 valence electrons. The first-order chi connectivity index (χ1) is 10.3. The molecule has 0 N–H and O–H groups in total. The zero-order valence-corrected chi connectivity index (χ0v) is 13.9. The minimum atomic E-state index is 0.796. The summed E-state index contributed by atoms with van der Waals surface area (Å²) in [5.41, 5.74) is 1.40. The van der Waals surface area contributed by atoms with Crippen LogP contribution in [0, 0.1) is 6.92 Å². The SMILES string of the molecule is CCOCCN(CCc1ccccc1)Cc1ccc(C)s1. The van der Waals surface area contributed by atoms with Gasteiger partial charge in [0.2, 0.25) is 0 Å². The van der Waals surface area contributed by atoms with E-state index in [0.29, 0.717) is 0 Å². The second-order valence-electron chi connectivity index (χ2n) is 5.22. The number of thiophene rings is 1. The Bertz CT molecular complexity index is 509. The highest BCUT2D eigenvalue weighted by Crippen LogP contribution is 2.17. The molecular formula is C18H25NOS. The van der Waals surface area contributed by atoms with Crippen LogP contribution in [0.2, 0.25) is 0 Å². The van der Waals surface area contributed by atoms with Gasteiger partial charge in [-0.25, -0.2) is 0 Å². The Kier molecular flexibility index (Phi) is 6.93. The van der Waals surface area contributed by atoms with Gasteiger partial charge in [-0.1, -0.05) is 30.3 Å². The molecule has 3 heteroatoms. The Morgan fingerprint density at radius 2 is 1.86 bits per heavy atom. The van der Waals surface area contributed by atoms with Gasteiger partial charge in [-0.2, -0.15) is 0 Å². The molecule has 0 unspecified atom stereocenters. The lowest BCUT2D eigenvalue weighted by Crippen LogP contribution is -2.29. The van der Waals surface area contributed by atoms with Crippen molar-refractivity contribution in [2.75, 3.05) is 26.3 Å². The first-order valence-corrected chi connectivity index (χ1v) is 8.49. The van der Waals surface area contributed by atoms with E-state index in [4.69, 9.17) is 4.74 Å². The number of hydrogen-bond donors (Lipinski definition) is 0. The summed E-state index contributed by atoms with van der Waals surface area (Å²) in [4.78, 5) is 5.32. The van der Waals surface area contributed by atoms with E-state index in [2.05, 4.69) is 61.2 Å². The number of aryl methyl sites for hydroxylation is 1. The van der Waals surface area contributed by atoms with Gasteiger partial charge in [-0.05, 0) is 38.0 Å². The van der Waals surface area contributed by atoms with Crippen LogP contribution in [0.4, 0.5) is 0 Å². The van der Waals surface area contributed by atoms with Crippen molar-refractivity contribution < 1.29 is 4.74 Å². The van der Waals surface area contributed by atoms with Crippen molar-refractivity contribution in [2.45, 2.75) is 26.8 Å². The van der Waals surface area contributed by atoms with Crippen molar-refractivity contribution in [3.8, 4) is 0 Å². The van der Waals surface area contributed by atoms with Crippen molar-refractivity contribution in [1.29, 1.82) is 0 Å². The van der Waals surface area contributed by atoms with Crippen LogP contribution in [0.5, 0.6) is 0 Å². The molecule has 0 aliphatic carbocycles. The third-order valence-electron chi connectivity index (χ3n) is 3.49. The smallest absolute Gasteiger partial charge is 0.0593 e. The van der Waals surface area contributed by atoms with Crippen molar-refractivity contribution in [1.82, 2.24) is 4.90 Å². The van der Waals surface area contributed by atoms with Crippen molar-refractivity contribution in [2.24, 2.45) is 0 Å².